The Hall–Kier alpha value is -1.82. The number of rotatable bonds is 1. The fourth-order valence-electron chi connectivity index (χ4n) is 2.97. The Morgan fingerprint density at radius 3 is 2.47 bits per heavy atom. The van der Waals surface area contributed by atoms with Gasteiger partial charge in [-0.25, -0.2) is 0 Å². The molecule has 3 nitrogen and oxygen atoms in total. The lowest BCUT2D eigenvalue weighted by atomic mass is 9.96. The molecular formula is C16H20N2O. The van der Waals surface area contributed by atoms with Crippen LogP contribution in [-0.2, 0) is 0 Å². The Morgan fingerprint density at radius 2 is 1.89 bits per heavy atom. The summed E-state index contributed by atoms with van der Waals surface area (Å²) in [7, 11) is 0. The second kappa shape index (κ2) is 5.44. The lowest BCUT2D eigenvalue weighted by Crippen LogP contribution is -2.43. The van der Waals surface area contributed by atoms with E-state index in [4.69, 9.17) is 0 Å². The number of aryl methyl sites for hydroxylation is 3. The lowest BCUT2D eigenvalue weighted by Gasteiger charge is -2.32. The van der Waals surface area contributed by atoms with Gasteiger partial charge in [-0.3, -0.25) is 4.79 Å². The average Bonchev–Trinajstić information content (AvgIpc) is 2.37. The van der Waals surface area contributed by atoms with E-state index in [0.29, 0.717) is 6.54 Å². The lowest BCUT2D eigenvalue weighted by molar-refractivity contribution is 0.0669. The zero-order valence-corrected chi connectivity index (χ0v) is 11.9. The van der Waals surface area contributed by atoms with Crippen LogP contribution in [0.5, 0.6) is 0 Å². The molecule has 1 heterocycles. The zero-order chi connectivity index (χ0) is 14.0. The van der Waals surface area contributed by atoms with Gasteiger partial charge in [0.15, 0.2) is 0 Å². The molecule has 0 bridgehead atoms. The van der Waals surface area contributed by atoms with Crippen molar-refractivity contribution in [1.82, 2.24) is 4.90 Å². The van der Waals surface area contributed by atoms with Gasteiger partial charge in [0.1, 0.15) is 6.04 Å². The molecule has 2 rings (SSSR count). The maximum absolute atomic E-state index is 12.7. The van der Waals surface area contributed by atoms with Gasteiger partial charge in [0, 0.05) is 12.1 Å². The van der Waals surface area contributed by atoms with Gasteiger partial charge >= 0.3 is 0 Å². The third kappa shape index (κ3) is 2.63. The summed E-state index contributed by atoms with van der Waals surface area (Å²) in [5.74, 6) is 0.0150. The molecule has 3 heteroatoms. The molecule has 0 N–H and O–H groups in total. The Kier molecular flexibility index (Phi) is 3.90. The van der Waals surface area contributed by atoms with Crippen molar-refractivity contribution in [2.24, 2.45) is 0 Å². The van der Waals surface area contributed by atoms with Crippen molar-refractivity contribution in [1.29, 1.82) is 5.26 Å². The van der Waals surface area contributed by atoms with Crippen LogP contribution in [-0.4, -0.2) is 23.4 Å². The molecule has 0 aromatic heterocycles. The number of likely N-dealkylation sites (tertiary alicyclic amines) is 1. The van der Waals surface area contributed by atoms with Crippen LogP contribution >= 0.6 is 0 Å². The summed E-state index contributed by atoms with van der Waals surface area (Å²) < 4.78 is 0. The van der Waals surface area contributed by atoms with Crippen molar-refractivity contribution in [3.8, 4) is 6.07 Å². The summed E-state index contributed by atoms with van der Waals surface area (Å²) in [4.78, 5) is 14.4. The topological polar surface area (TPSA) is 44.1 Å². The summed E-state index contributed by atoms with van der Waals surface area (Å²) >= 11 is 0. The van der Waals surface area contributed by atoms with Crippen LogP contribution in [0.3, 0.4) is 0 Å². The van der Waals surface area contributed by atoms with Gasteiger partial charge in [0.05, 0.1) is 6.07 Å². The normalized spacial score (nSPS) is 19.1. The molecule has 100 valence electrons. The van der Waals surface area contributed by atoms with Crippen LogP contribution in [0.1, 0.15) is 46.3 Å². The van der Waals surface area contributed by atoms with Crippen molar-refractivity contribution in [2.45, 2.75) is 46.1 Å². The molecule has 19 heavy (non-hydrogen) atoms. The molecule has 1 aliphatic heterocycles. The van der Waals surface area contributed by atoms with Crippen molar-refractivity contribution in [2.75, 3.05) is 6.54 Å². The van der Waals surface area contributed by atoms with E-state index in [1.54, 1.807) is 4.90 Å². The summed E-state index contributed by atoms with van der Waals surface area (Å²) in [6.07, 6.45) is 2.83. The fourth-order valence-corrected chi connectivity index (χ4v) is 2.97. The SMILES string of the molecule is Cc1cc(C)c(C(=O)N2CCCCC2C#N)c(C)c1. The van der Waals surface area contributed by atoms with Crippen molar-refractivity contribution >= 4 is 5.91 Å². The van der Waals surface area contributed by atoms with Gasteiger partial charge in [0.2, 0.25) is 0 Å². The van der Waals surface area contributed by atoms with Crippen LogP contribution < -0.4 is 0 Å². The molecule has 0 spiro atoms. The van der Waals surface area contributed by atoms with E-state index in [1.807, 2.05) is 32.9 Å². The third-order valence-corrected chi connectivity index (χ3v) is 3.80. The molecule has 1 aromatic rings. The van der Waals surface area contributed by atoms with Crippen LogP contribution in [0.15, 0.2) is 12.1 Å². The molecule has 1 fully saturated rings. The fraction of sp³-hybridized carbons (Fsp3) is 0.500. The van der Waals surface area contributed by atoms with Gasteiger partial charge in [0.25, 0.3) is 5.91 Å². The number of amides is 1. The monoisotopic (exact) mass is 256 g/mol. The quantitative estimate of drug-likeness (QED) is 0.774. The highest BCUT2D eigenvalue weighted by atomic mass is 16.2. The minimum atomic E-state index is -0.263. The maximum atomic E-state index is 12.7. The van der Waals surface area contributed by atoms with E-state index in [0.717, 1.165) is 36.0 Å². The van der Waals surface area contributed by atoms with Crippen LogP contribution in [0.2, 0.25) is 0 Å². The number of piperidine rings is 1. The summed E-state index contributed by atoms with van der Waals surface area (Å²) in [6.45, 7) is 6.67. The van der Waals surface area contributed by atoms with E-state index in [2.05, 4.69) is 6.07 Å². The van der Waals surface area contributed by atoms with Gasteiger partial charge in [-0.05, 0) is 51.2 Å². The highest BCUT2D eigenvalue weighted by molar-refractivity contribution is 5.97. The van der Waals surface area contributed by atoms with Crippen LogP contribution in [0, 0.1) is 32.1 Å². The van der Waals surface area contributed by atoms with Gasteiger partial charge < -0.3 is 4.90 Å². The highest BCUT2D eigenvalue weighted by Gasteiger charge is 2.28. The van der Waals surface area contributed by atoms with Crippen molar-refractivity contribution in [3.05, 3.63) is 34.4 Å². The summed E-state index contributed by atoms with van der Waals surface area (Å²) in [6, 6.07) is 6.06. The molecule has 0 radical (unpaired) electrons. The molecule has 1 unspecified atom stereocenters. The molecule has 1 amide bonds. The first-order chi connectivity index (χ1) is 9.04. The molecule has 1 saturated heterocycles. The Labute approximate surface area is 114 Å². The first kappa shape index (κ1) is 13.6. The number of benzene rings is 1. The Morgan fingerprint density at radius 1 is 1.26 bits per heavy atom. The van der Waals surface area contributed by atoms with Gasteiger partial charge in [-0.2, -0.15) is 5.26 Å². The number of hydrogen-bond acceptors (Lipinski definition) is 2. The van der Waals surface area contributed by atoms with Crippen molar-refractivity contribution in [3.63, 3.8) is 0 Å². The standard InChI is InChI=1S/C16H20N2O/c1-11-8-12(2)15(13(3)9-11)16(19)18-7-5-4-6-14(18)10-17/h8-9,14H,4-7H2,1-3H3. The minimum Gasteiger partial charge on any atom is -0.323 e. The molecule has 0 aliphatic carbocycles. The average molecular weight is 256 g/mol. The number of nitriles is 1. The first-order valence-corrected chi connectivity index (χ1v) is 6.83. The Balaban J connectivity index is 2.36. The largest absolute Gasteiger partial charge is 0.323 e. The van der Waals surface area contributed by atoms with Crippen molar-refractivity contribution < 1.29 is 4.79 Å². The molecule has 1 atom stereocenters. The number of carbonyl (C=O) groups excluding carboxylic acids is 1. The zero-order valence-electron chi connectivity index (χ0n) is 11.9. The summed E-state index contributed by atoms with van der Waals surface area (Å²) in [5.41, 5.74) is 3.95. The highest BCUT2D eigenvalue weighted by Crippen LogP contribution is 2.23. The van der Waals surface area contributed by atoms with E-state index < -0.39 is 0 Å². The first-order valence-electron chi connectivity index (χ1n) is 6.83. The third-order valence-electron chi connectivity index (χ3n) is 3.80. The summed E-state index contributed by atoms with van der Waals surface area (Å²) in [5, 5.41) is 9.20. The predicted molar refractivity (Wildman–Crippen MR) is 74.9 cm³/mol. The minimum absolute atomic E-state index is 0.0150. The van der Waals surface area contributed by atoms with E-state index >= 15 is 0 Å². The van der Waals surface area contributed by atoms with Gasteiger partial charge in [-0.1, -0.05) is 17.7 Å². The molecule has 0 saturated carbocycles. The Bertz CT molecular complexity index is 519. The maximum Gasteiger partial charge on any atom is 0.255 e. The second-order valence-electron chi connectivity index (χ2n) is 5.41. The van der Waals surface area contributed by atoms with Crippen LogP contribution in [0.25, 0.3) is 0 Å². The predicted octanol–water partition coefficient (Wildman–Crippen LogP) is 3.13. The molecular weight excluding hydrogens is 236 g/mol. The number of nitrogens with zero attached hydrogens (tertiary/aromatic N) is 2. The molecule has 1 aromatic carbocycles. The number of hydrogen-bond donors (Lipinski definition) is 0. The van der Waals surface area contributed by atoms with Crippen LogP contribution in [0.4, 0.5) is 0 Å². The smallest absolute Gasteiger partial charge is 0.255 e. The molecule has 1 aliphatic rings. The number of carbonyl (C=O) groups is 1. The van der Waals surface area contributed by atoms with Gasteiger partial charge in [-0.15, -0.1) is 0 Å². The van der Waals surface area contributed by atoms with E-state index in [9.17, 15) is 10.1 Å². The van der Waals surface area contributed by atoms with E-state index in [-0.39, 0.29) is 11.9 Å². The van der Waals surface area contributed by atoms with E-state index in [1.165, 1.54) is 5.56 Å². The second-order valence-corrected chi connectivity index (χ2v) is 5.41.